The summed E-state index contributed by atoms with van der Waals surface area (Å²) in [6, 6.07) is 4.98. The van der Waals surface area contributed by atoms with Crippen LogP contribution in [-0.2, 0) is 0 Å². The van der Waals surface area contributed by atoms with Crippen molar-refractivity contribution in [3.05, 3.63) is 28.6 Å². The van der Waals surface area contributed by atoms with Gasteiger partial charge in [-0.25, -0.2) is 4.98 Å². The minimum atomic E-state index is -0.932. The zero-order valence-electron chi connectivity index (χ0n) is 12.5. The largest absolute Gasteiger partial charge is 0.399 e. The summed E-state index contributed by atoms with van der Waals surface area (Å²) in [7, 11) is 3.77. The monoisotopic (exact) mass is 291 g/mol. The molecule has 2 rings (SSSR count). The topological polar surface area (TPSA) is 107 Å². The van der Waals surface area contributed by atoms with Crippen LogP contribution in [0.2, 0.25) is 0 Å². The van der Waals surface area contributed by atoms with E-state index < -0.39 is 5.60 Å². The van der Waals surface area contributed by atoms with Crippen LogP contribution in [0.3, 0.4) is 0 Å². The molecule has 7 nitrogen and oxygen atoms in total. The highest BCUT2D eigenvalue weighted by Gasteiger charge is 2.21. The molecule has 1 unspecified atom stereocenters. The van der Waals surface area contributed by atoms with Gasteiger partial charge in [-0.15, -0.1) is 0 Å². The van der Waals surface area contributed by atoms with E-state index in [0.29, 0.717) is 29.1 Å². The summed E-state index contributed by atoms with van der Waals surface area (Å²) < 4.78 is 0. The third-order valence-corrected chi connectivity index (χ3v) is 3.02. The quantitative estimate of drug-likeness (QED) is 0.587. The highest BCUT2D eigenvalue weighted by atomic mass is 16.3. The van der Waals surface area contributed by atoms with Gasteiger partial charge in [-0.2, -0.15) is 0 Å². The van der Waals surface area contributed by atoms with Crippen LogP contribution in [0.5, 0.6) is 0 Å². The van der Waals surface area contributed by atoms with Crippen molar-refractivity contribution >= 4 is 22.5 Å². The smallest absolute Gasteiger partial charge is 0.260 e. The number of benzene rings is 1. The maximum Gasteiger partial charge on any atom is 0.260 e. The Morgan fingerprint density at radius 2 is 2.19 bits per heavy atom. The van der Waals surface area contributed by atoms with Crippen molar-refractivity contribution in [1.29, 1.82) is 0 Å². The number of likely N-dealkylation sites (N-methyl/N-ethyl adjacent to an activating group) is 1. The number of anilines is 2. The first-order valence-corrected chi connectivity index (χ1v) is 6.67. The molecule has 7 heteroatoms. The molecular weight excluding hydrogens is 270 g/mol. The third-order valence-electron chi connectivity index (χ3n) is 3.02. The first kappa shape index (κ1) is 15.3. The Kier molecular flexibility index (Phi) is 4.15. The predicted octanol–water partition coefficient (Wildman–Crippen LogP) is 0.230. The standard InChI is InChI=1S/C14H21N5O2/c1-14(21,8-19(2)3)7-16-13-17-11-5-4-9(15)6-10(11)12(20)18-13/h4-6,21H,7-8,15H2,1-3H3,(H2,16,17,18,20). The van der Waals surface area contributed by atoms with Gasteiger partial charge in [-0.3, -0.25) is 9.78 Å². The van der Waals surface area contributed by atoms with Crippen LogP contribution in [0.1, 0.15) is 6.92 Å². The molecule has 0 radical (unpaired) electrons. The molecule has 1 atom stereocenters. The summed E-state index contributed by atoms with van der Waals surface area (Å²) in [5, 5.41) is 13.6. The number of hydrogen-bond donors (Lipinski definition) is 4. The molecule has 1 aromatic heterocycles. The highest BCUT2D eigenvalue weighted by molar-refractivity contribution is 5.81. The van der Waals surface area contributed by atoms with Crippen molar-refractivity contribution in [2.75, 3.05) is 38.2 Å². The van der Waals surface area contributed by atoms with Crippen LogP contribution in [-0.4, -0.2) is 52.8 Å². The molecule has 0 fully saturated rings. The minimum absolute atomic E-state index is 0.262. The normalized spacial score (nSPS) is 14.3. The maximum absolute atomic E-state index is 12.0. The Balaban J connectivity index is 2.20. The predicted molar refractivity (Wildman–Crippen MR) is 84.4 cm³/mol. The van der Waals surface area contributed by atoms with Gasteiger partial charge in [0, 0.05) is 18.8 Å². The lowest BCUT2D eigenvalue weighted by Crippen LogP contribution is -2.43. The van der Waals surface area contributed by atoms with E-state index in [4.69, 9.17) is 5.73 Å². The van der Waals surface area contributed by atoms with E-state index in [-0.39, 0.29) is 12.1 Å². The van der Waals surface area contributed by atoms with Gasteiger partial charge in [0.05, 0.1) is 16.5 Å². The fourth-order valence-corrected chi connectivity index (χ4v) is 2.25. The van der Waals surface area contributed by atoms with E-state index >= 15 is 0 Å². The first-order valence-electron chi connectivity index (χ1n) is 6.67. The summed E-state index contributed by atoms with van der Waals surface area (Å²) in [6.45, 7) is 2.49. The van der Waals surface area contributed by atoms with Gasteiger partial charge < -0.3 is 21.1 Å². The number of H-pyrrole nitrogens is 1. The van der Waals surface area contributed by atoms with E-state index in [1.54, 1.807) is 25.1 Å². The number of nitrogens with one attached hydrogen (secondary N) is 2. The van der Waals surface area contributed by atoms with Crippen molar-refractivity contribution in [3.63, 3.8) is 0 Å². The van der Waals surface area contributed by atoms with E-state index in [2.05, 4.69) is 15.3 Å². The Morgan fingerprint density at radius 3 is 2.86 bits per heavy atom. The second-order valence-electron chi connectivity index (χ2n) is 5.78. The van der Waals surface area contributed by atoms with Crippen LogP contribution in [0.4, 0.5) is 11.6 Å². The average molecular weight is 291 g/mol. The summed E-state index contributed by atoms with van der Waals surface area (Å²) >= 11 is 0. The minimum Gasteiger partial charge on any atom is -0.399 e. The van der Waals surface area contributed by atoms with E-state index in [1.807, 2.05) is 19.0 Å². The lowest BCUT2D eigenvalue weighted by atomic mass is 10.1. The Morgan fingerprint density at radius 1 is 1.48 bits per heavy atom. The van der Waals surface area contributed by atoms with Gasteiger partial charge >= 0.3 is 0 Å². The number of nitrogens with zero attached hydrogens (tertiary/aromatic N) is 2. The number of aliphatic hydroxyl groups is 1. The van der Waals surface area contributed by atoms with Crippen molar-refractivity contribution < 1.29 is 5.11 Å². The van der Waals surface area contributed by atoms with Gasteiger partial charge in [0.2, 0.25) is 5.95 Å². The fraction of sp³-hybridized carbons (Fsp3) is 0.429. The molecule has 0 saturated carbocycles. The molecule has 5 N–H and O–H groups in total. The molecule has 2 aromatic rings. The second-order valence-corrected chi connectivity index (χ2v) is 5.78. The summed E-state index contributed by atoms with van der Waals surface area (Å²) in [4.78, 5) is 20.8. The summed E-state index contributed by atoms with van der Waals surface area (Å²) in [5.74, 6) is 0.330. The zero-order valence-corrected chi connectivity index (χ0v) is 12.5. The van der Waals surface area contributed by atoms with Crippen LogP contribution in [0.25, 0.3) is 10.9 Å². The maximum atomic E-state index is 12.0. The van der Waals surface area contributed by atoms with Crippen molar-refractivity contribution in [2.45, 2.75) is 12.5 Å². The van der Waals surface area contributed by atoms with E-state index in [0.717, 1.165) is 0 Å². The van der Waals surface area contributed by atoms with Crippen molar-refractivity contribution in [3.8, 4) is 0 Å². The van der Waals surface area contributed by atoms with Gasteiger partial charge in [0.1, 0.15) is 0 Å². The molecule has 0 aliphatic rings. The number of nitrogens with two attached hydrogens (primary N) is 1. The second kappa shape index (κ2) is 5.71. The average Bonchev–Trinajstić information content (AvgIpc) is 2.36. The van der Waals surface area contributed by atoms with E-state index in [9.17, 15) is 9.90 Å². The Labute approximate surface area is 122 Å². The van der Waals surface area contributed by atoms with Gasteiger partial charge in [-0.05, 0) is 39.2 Å². The molecule has 0 bridgehead atoms. The molecule has 21 heavy (non-hydrogen) atoms. The lowest BCUT2D eigenvalue weighted by molar-refractivity contribution is 0.0458. The number of aromatic nitrogens is 2. The van der Waals surface area contributed by atoms with Crippen LogP contribution >= 0.6 is 0 Å². The molecule has 0 aliphatic heterocycles. The van der Waals surface area contributed by atoms with Crippen molar-refractivity contribution in [2.24, 2.45) is 0 Å². The molecule has 0 saturated heterocycles. The molecule has 1 heterocycles. The Hall–Kier alpha value is -2.12. The molecular formula is C14H21N5O2. The van der Waals surface area contributed by atoms with Gasteiger partial charge in [0.15, 0.2) is 0 Å². The van der Waals surface area contributed by atoms with Crippen LogP contribution in [0, 0.1) is 0 Å². The number of hydrogen-bond acceptors (Lipinski definition) is 6. The molecule has 0 spiro atoms. The summed E-state index contributed by atoms with van der Waals surface area (Å²) in [5.41, 5.74) is 5.54. The van der Waals surface area contributed by atoms with Gasteiger partial charge in [-0.1, -0.05) is 0 Å². The number of rotatable bonds is 5. The van der Waals surface area contributed by atoms with E-state index in [1.165, 1.54) is 0 Å². The van der Waals surface area contributed by atoms with Crippen LogP contribution < -0.4 is 16.6 Å². The first-order chi connectivity index (χ1) is 9.77. The zero-order chi connectivity index (χ0) is 15.6. The van der Waals surface area contributed by atoms with Gasteiger partial charge in [0.25, 0.3) is 5.56 Å². The Bertz CT molecular complexity index is 693. The lowest BCUT2D eigenvalue weighted by Gasteiger charge is -2.27. The third kappa shape index (κ3) is 3.93. The number of fused-ring (bicyclic) bond motifs is 1. The molecule has 1 aromatic carbocycles. The SMILES string of the molecule is CN(C)CC(C)(O)CNc1nc2ccc(N)cc2c(=O)[nH]1. The molecule has 114 valence electrons. The summed E-state index contributed by atoms with van der Waals surface area (Å²) in [6.07, 6.45) is 0. The highest BCUT2D eigenvalue weighted by Crippen LogP contribution is 2.13. The van der Waals surface area contributed by atoms with Crippen molar-refractivity contribution in [1.82, 2.24) is 14.9 Å². The fourth-order valence-electron chi connectivity index (χ4n) is 2.25. The number of aromatic amines is 1. The number of nitrogen functional groups attached to an aromatic ring is 1. The molecule has 0 amide bonds. The molecule has 0 aliphatic carbocycles. The van der Waals surface area contributed by atoms with Crippen LogP contribution in [0.15, 0.2) is 23.0 Å².